The van der Waals surface area contributed by atoms with Gasteiger partial charge in [-0.15, -0.1) is 0 Å². The van der Waals surface area contributed by atoms with Gasteiger partial charge in [0.15, 0.2) is 0 Å². The van der Waals surface area contributed by atoms with E-state index >= 15 is 0 Å². The van der Waals surface area contributed by atoms with E-state index < -0.39 is 0 Å². The molecule has 54 valence electrons. The van der Waals surface area contributed by atoms with Crippen LogP contribution in [0.25, 0.3) is 0 Å². The molecule has 3 nitrogen and oxygen atoms in total. The fourth-order valence-corrected chi connectivity index (χ4v) is 1.51. The van der Waals surface area contributed by atoms with E-state index in [9.17, 15) is 4.79 Å². The average Bonchev–Trinajstić information content (AvgIpc) is 2.13. The summed E-state index contributed by atoms with van der Waals surface area (Å²) in [5.41, 5.74) is 5.21. The van der Waals surface area contributed by atoms with Crippen molar-refractivity contribution in [3.63, 3.8) is 0 Å². The summed E-state index contributed by atoms with van der Waals surface area (Å²) in [6, 6.07) is 0. The number of thiocarbonyl (C=S) groups is 1. The molecule has 0 unspecified atom stereocenters. The topological polar surface area (TPSA) is 55.1 Å². The zero-order valence-electron chi connectivity index (χ0n) is 5.09. The number of carbonyl (C=O) groups excluding carboxylic acids is 1. The molecular formula is C5H6N2OS2. The molecule has 3 N–H and O–H groups in total. The minimum absolute atomic E-state index is 0.00694. The molecule has 1 rings (SSSR count). The van der Waals surface area contributed by atoms with Crippen LogP contribution in [0.5, 0.6) is 0 Å². The highest BCUT2D eigenvalue weighted by atomic mass is 32.2. The van der Waals surface area contributed by atoms with E-state index in [1.165, 1.54) is 11.8 Å². The lowest BCUT2D eigenvalue weighted by molar-refractivity contribution is -0.117. The summed E-state index contributed by atoms with van der Waals surface area (Å²) in [4.78, 5) is 10.9. The highest BCUT2D eigenvalue weighted by Gasteiger charge is 2.14. The zero-order valence-corrected chi connectivity index (χ0v) is 6.72. The van der Waals surface area contributed by atoms with E-state index in [0.29, 0.717) is 10.7 Å². The standard InChI is InChI=1S/C5H6N2OS2/c6-3(9)1-5-7-4(8)2-10-5/h1H,2H2,(H2,6,9)(H,7,8). The predicted octanol–water partition coefficient (Wildman–Crippen LogP) is -0.0231. The number of nitrogens with one attached hydrogen (secondary N) is 1. The molecule has 0 saturated carbocycles. The van der Waals surface area contributed by atoms with Gasteiger partial charge in [0, 0.05) is 6.08 Å². The Labute approximate surface area is 68.0 Å². The van der Waals surface area contributed by atoms with Crippen LogP contribution in [0.3, 0.4) is 0 Å². The largest absolute Gasteiger partial charge is 0.390 e. The third-order valence-electron chi connectivity index (χ3n) is 0.895. The fraction of sp³-hybridized carbons (Fsp3) is 0.200. The van der Waals surface area contributed by atoms with Crippen LogP contribution in [0.15, 0.2) is 11.1 Å². The van der Waals surface area contributed by atoms with Crippen LogP contribution in [-0.2, 0) is 4.79 Å². The second-order valence-electron chi connectivity index (χ2n) is 1.75. The molecule has 0 spiro atoms. The Kier molecular flexibility index (Phi) is 2.29. The summed E-state index contributed by atoms with van der Waals surface area (Å²) in [5.74, 6) is 0.474. The number of hydrogen-bond acceptors (Lipinski definition) is 3. The van der Waals surface area contributed by atoms with Crippen LogP contribution in [0, 0.1) is 0 Å². The Balaban J connectivity index is 2.59. The van der Waals surface area contributed by atoms with E-state index in [-0.39, 0.29) is 5.91 Å². The number of nitrogens with two attached hydrogens (primary N) is 1. The first-order valence-corrected chi connectivity index (χ1v) is 4.01. The van der Waals surface area contributed by atoms with Crippen molar-refractivity contribution in [2.75, 3.05) is 5.75 Å². The number of rotatable bonds is 1. The second-order valence-corrected chi connectivity index (χ2v) is 3.24. The number of hydrogen-bond donors (Lipinski definition) is 2. The minimum Gasteiger partial charge on any atom is -0.390 e. The van der Waals surface area contributed by atoms with Gasteiger partial charge in [-0.25, -0.2) is 0 Å². The molecule has 0 aromatic carbocycles. The first-order chi connectivity index (χ1) is 4.68. The summed E-state index contributed by atoms with van der Waals surface area (Å²) in [7, 11) is 0. The zero-order chi connectivity index (χ0) is 7.56. The monoisotopic (exact) mass is 174 g/mol. The summed E-state index contributed by atoms with van der Waals surface area (Å²) >= 11 is 6.02. The summed E-state index contributed by atoms with van der Waals surface area (Å²) in [6.07, 6.45) is 1.57. The number of carbonyl (C=O) groups is 1. The first kappa shape index (κ1) is 7.56. The molecule has 1 aliphatic rings. The van der Waals surface area contributed by atoms with E-state index in [2.05, 4.69) is 17.5 Å². The molecule has 1 saturated heterocycles. The quantitative estimate of drug-likeness (QED) is 0.433. The third-order valence-corrected chi connectivity index (χ3v) is 1.95. The van der Waals surface area contributed by atoms with Gasteiger partial charge in [0.1, 0.15) is 0 Å². The van der Waals surface area contributed by atoms with Crippen molar-refractivity contribution in [2.24, 2.45) is 5.73 Å². The van der Waals surface area contributed by atoms with Gasteiger partial charge in [0.2, 0.25) is 5.91 Å². The Morgan fingerprint density at radius 3 is 3.00 bits per heavy atom. The minimum atomic E-state index is 0.00694. The molecule has 0 aliphatic carbocycles. The molecule has 0 radical (unpaired) electrons. The third kappa shape index (κ3) is 2.00. The van der Waals surface area contributed by atoms with E-state index in [0.717, 1.165) is 5.03 Å². The molecule has 1 fully saturated rings. The van der Waals surface area contributed by atoms with E-state index in [1.54, 1.807) is 6.08 Å². The maximum Gasteiger partial charge on any atom is 0.235 e. The van der Waals surface area contributed by atoms with Crippen molar-refractivity contribution in [2.45, 2.75) is 0 Å². The van der Waals surface area contributed by atoms with Crippen molar-refractivity contribution in [3.8, 4) is 0 Å². The van der Waals surface area contributed by atoms with Gasteiger partial charge in [-0.3, -0.25) is 4.79 Å². The van der Waals surface area contributed by atoms with Gasteiger partial charge in [0.05, 0.1) is 15.8 Å². The molecular weight excluding hydrogens is 168 g/mol. The highest BCUT2D eigenvalue weighted by molar-refractivity contribution is 8.04. The van der Waals surface area contributed by atoms with E-state index in [4.69, 9.17) is 5.73 Å². The molecule has 0 aromatic rings. The Hall–Kier alpha value is -0.550. The van der Waals surface area contributed by atoms with Crippen molar-refractivity contribution >= 4 is 34.9 Å². The Morgan fingerprint density at radius 1 is 1.90 bits per heavy atom. The molecule has 0 bridgehead atoms. The van der Waals surface area contributed by atoms with Crippen LogP contribution in [0.1, 0.15) is 0 Å². The van der Waals surface area contributed by atoms with Crippen molar-refractivity contribution in [3.05, 3.63) is 11.1 Å². The summed E-state index contributed by atoms with van der Waals surface area (Å²) in [5, 5.41) is 3.35. The second kappa shape index (κ2) is 3.03. The Bertz CT molecular complexity index is 212. The maximum atomic E-state index is 10.6. The summed E-state index contributed by atoms with van der Waals surface area (Å²) in [6.45, 7) is 0. The van der Waals surface area contributed by atoms with Crippen molar-refractivity contribution in [1.29, 1.82) is 0 Å². The normalized spacial score (nSPS) is 21.2. The van der Waals surface area contributed by atoms with Gasteiger partial charge in [-0.2, -0.15) is 0 Å². The van der Waals surface area contributed by atoms with Crippen LogP contribution >= 0.6 is 24.0 Å². The highest BCUT2D eigenvalue weighted by Crippen LogP contribution is 2.17. The van der Waals surface area contributed by atoms with Crippen LogP contribution in [0.2, 0.25) is 0 Å². The average molecular weight is 174 g/mol. The lowest BCUT2D eigenvalue weighted by Gasteiger charge is -1.92. The molecule has 10 heavy (non-hydrogen) atoms. The van der Waals surface area contributed by atoms with Crippen LogP contribution in [0.4, 0.5) is 0 Å². The van der Waals surface area contributed by atoms with Crippen LogP contribution in [-0.4, -0.2) is 16.6 Å². The van der Waals surface area contributed by atoms with E-state index in [1.807, 2.05) is 0 Å². The Morgan fingerprint density at radius 2 is 2.60 bits per heavy atom. The number of amides is 1. The molecule has 0 aromatic heterocycles. The van der Waals surface area contributed by atoms with Gasteiger partial charge in [-0.05, 0) is 0 Å². The lowest BCUT2D eigenvalue weighted by Crippen LogP contribution is -2.15. The molecule has 1 amide bonds. The molecule has 0 atom stereocenters. The van der Waals surface area contributed by atoms with Gasteiger partial charge in [0.25, 0.3) is 0 Å². The van der Waals surface area contributed by atoms with Crippen molar-refractivity contribution < 1.29 is 4.79 Å². The molecule has 1 heterocycles. The van der Waals surface area contributed by atoms with Crippen LogP contribution < -0.4 is 11.1 Å². The predicted molar refractivity (Wildman–Crippen MR) is 45.5 cm³/mol. The molecule has 5 heteroatoms. The molecule has 1 aliphatic heterocycles. The van der Waals surface area contributed by atoms with Gasteiger partial charge >= 0.3 is 0 Å². The summed E-state index contributed by atoms with van der Waals surface area (Å²) < 4.78 is 0. The SMILES string of the molecule is NC(=S)C=C1NC(=O)CS1. The number of thioether (sulfide) groups is 1. The smallest absolute Gasteiger partial charge is 0.235 e. The maximum absolute atomic E-state index is 10.6. The first-order valence-electron chi connectivity index (χ1n) is 2.62. The fourth-order valence-electron chi connectivity index (χ4n) is 0.560. The lowest BCUT2D eigenvalue weighted by atomic mass is 10.6. The van der Waals surface area contributed by atoms with Gasteiger partial charge in [-0.1, -0.05) is 24.0 Å². The van der Waals surface area contributed by atoms with Gasteiger partial charge < -0.3 is 11.1 Å². The van der Waals surface area contributed by atoms with Crippen molar-refractivity contribution in [1.82, 2.24) is 5.32 Å².